The van der Waals surface area contributed by atoms with Crippen molar-refractivity contribution in [1.29, 1.82) is 0 Å². The van der Waals surface area contributed by atoms with Gasteiger partial charge in [0.25, 0.3) is 0 Å². The molecule has 90 valence electrons. The van der Waals surface area contributed by atoms with Crippen LogP contribution in [0.4, 0.5) is 5.69 Å². The minimum absolute atomic E-state index is 1.14. The second-order valence-corrected chi connectivity index (χ2v) is 4.50. The van der Waals surface area contributed by atoms with Gasteiger partial charge in [0, 0.05) is 30.0 Å². The van der Waals surface area contributed by atoms with E-state index in [1.807, 2.05) is 7.05 Å². The molecule has 0 fully saturated rings. The molecule has 1 N–H and O–H groups in total. The molecule has 0 bridgehead atoms. The van der Waals surface area contributed by atoms with Gasteiger partial charge in [0.2, 0.25) is 0 Å². The van der Waals surface area contributed by atoms with Gasteiger partial charge in [0.15, 0.2) is 0 Å². The number of aryl methyl sites for hydroxylation is 1. The molecule has 0 aliphatic heterocycles. The monoisotopic (exact) mass is 236 g/mol. The van der Waals surface area contributed by atoms with Crippen molar-refractivity contribution in [2.24, 2.45) is 0 Å². The summed E-state index contributed by atoms with van der Waals surface area (Å²) in [5.41, 5.74) is 6.18. The Morgan fingerprint density at radius 2 is 1.89 bits per heavy atom. The Morgan fingerprint density at radius 3 is 2.72 bits per heavy atom. The summed E-state index contributed by atoms with van der Waals surface area (Å²) in [7, 11) is 1.95. The SMILES string of the molecule is CNc1cccc(-c2c(C)cc3ccccn23)c1. The lowest BCUT2D eigenvalue weighted by molar-refractivity contribution is 1.19. The standard InChI is InChI=1S/C16H16N2/c1-12-10-15-8-3-4-9-18(15)16(12)13-6-5-7-14(11-13)17-2/h3-11,17H,1-2H3. The predicted molar refractivity (Wildman–Crippen MR) is 77.1 cm³/mol. The van der Waals surface area contributed by atoms with Crippen molar-refractivity contribution < 1.29 is 0 Å². The first kappa shape index (κ1) is 10.9. The Bertz CT molecular complexity index is 695. The van der Waals surface area contributed by atoms with E-state index in [9.17, 15) is 0 Å². The maximum atomic E-state index is 3.19. The fourth-order valence-corrected chi connectivity index (χ4v) is 2.45. The van der Waals surface area contributed by atoms with Crippen molar-refractivity contribution in [2.75, 3.05) is 12.4 Å². The number of aromatic nitrogens is 1. The van der Waals surface area contributed by atoms with Gasteiger partial charge in [-0.1, -0.05) is 18.2 Å². The number of fused-ring (bicyclic) bond motifs is 1. The van der Waals surface area contributed by atoms with Crippen LogP contribution in [0.1, 0.15) is 5.56 Å². The number of nitrogens with one attached hydrogen (secondary N) is 1. The molecule has 2 aromatic heterocycles. The van der Waals surface area contributed by atoms with E-state index in [2.05, 4.69) is 71.4 Å². The van der Waals surface area contributed by atoms with Gasteiger partial charge < -0.3 is 9.72 Å². The molecule has 2 heterocycles. The second kappa shape index (κ2) is 4.22. The van der Waals surface area contributed by atoms with E-state index >= 15 is 0 Å². The minimum atomic E-state index is 1.14. The number of rotatable bonds is 2. The molecule has 2 heteroatoms. The lowest BCUT2D eigenvalue weighted by atomic mass is 10.1. The van der Waals surface area contributed by atoms with Crippen molar-refractivity contribution in [3.05, 3.63) is 60.3 Å². The van der Waals surface area contributed by atoms with Crippen molar-refractivity contribution in [3.63, 3.8) is 0 Å². The fourth-order valence-electron chi connectivity index (χ4n) is 2.45. The van der Waals surface area contributed by atoms with Crippen molar-refractivity contribution in [2.45, 2.75) is 6.92 Å². The molecule has 0 aliphatic carbocycles. The Balaban J connectivity index is 2.27. The summed E-state index contributed by atoms with van der Waals surface area (Å²) in [5.74, 6) is 0. The second-order valence-electron chi connectivity index (χ2n) is 4.50. The maximum absolute atomic E-state index is 3.19. The number of pyridine rings is 1. The molecule has 18 heavy (non-hydrogen) atoms. The molecule has 0 unspecified atom stereocenters. The average Bonchev–Trinajstić information content (AvgIpc) is 2.74. The molecule has 0 aliphatic rings. The third-order valence-corrected chi connectivity index (χ3v) is 3.29. The van der Waals surface area contributed by atoms with Gasteiger partial charge in [-0.05, 0) is 42.8 Å². The largest absolute Gasteiger partial charge is 0.388 e. The molecular weight excluding hydrogens is 220 g/mol. The maximum Gasteiger partial charge on any atom is 0.0558 e. The summed E-state index contributed by atoms with van der Waals surface area (Å²) < 4.78 is 2.24. The van der Waals surface area contributed by atoms with Gasteiger partial charge in [-0.3, -0.25) is 0 Å². The van der Waals surface area contributed by atoms with Crippen LogP contribution < -0.4 is 5.32 Å². The van der Waals surface area contributed by atoms with Crippen molar-refractivity contribution >= 4 is 11.2 Å². The predicted octanol–water partition coefficient (Wildman–Crippen LogP) is 3.96. The zero-order valence-electron chi connectivity index (χ0n) is 10.6. The van der Waals surface area contributed by atoms with Crippen LogP contribution in [-0.4, -0.2) is 11.4 Å². The Labute approximate surface area is 107 Å². The fraction of sp³-hybridized carbons (Fsp3) is 0.125. The molecule has 2 nitrogen and oxygen atoms in total. The topological polar surface area (TPSA) is 16.4 Å². The van der Waals surface area contributed by atoms with Crippen LogP contribution in [0.5, 0.6) is 0 Å². The number of benzene rings is 1. The molecule has 0 saturated carbocycles. The third kappa shape index (κ3) is 1.66. The highest BCUT2D eigenvalue weighted by Gasteiger charge is 2.08. The molecular formula is C16H16N2. The number of nitrogens with zero attached hydrogens (tertiary/aromatic N) is 1. The Hall–Kier alpha value is -2.22. The highest BCUT2D eigenvalue weighted by molar-refractivity contribution is 5.73. The molecule has 0 amide bonds. The minimum Gasteiger partial charge on any atom is -0.388 e. The van der Waals surface area contributed by atoms with Crippen LogP contribution in [0, 0.1) is 6.92 Å². The van der Waals surface area contributed by atoms with Gasteiger partial charge in [0.05, 0.1) is 5.69 Å². The van der Waals surface area contributed by atoms with Crippen molar-refractivity contribution in [3.8, 4) is 11.3 Å². The molecule has 3 rings (SSSR count). The van der Waals surface area contributed by atoms with E-state index in [1.165, 1.54) is 22.3 Å². The molecule has 1 aromatic carbocycles. The highest BCUT2D eigenvalue weighted by Crippen LogP contribution is 2.28. The van der Waals surface area contributed by atoms with Gasteiger partial charge in [-0.15, -0.1) is 0 Å². The van der Waals surface area contributed by atoms with E-state index in [0.717, 1.165) is 5.69 Å². The van der Waals surface area contributed by atoms with Gasteiger partial charge in [-0.2, -0.15) is 0 Å². The molecule has 0 radical (unpaired) electrons. The summed E-state index contributed by atoms with van der Waals surface area (Å²) in [5, 5.41) is 3.19. The average molecular weight is 236 g/mol. The molecule has 0 atom stereocenters. The van der Waals surface area contributed by atoms with E-state index in [4.69, 9.17) is 0 Å². The van der Waals surface area contributed by atoms with Crippen LogP contribution in [0.25, 0.3) is 16.8 Å². The first-order valence-corrected chi connectivity index (χ1v) is 6.14. The van der Waals surface area contributed by atoms with E-state index in [1.54, 1.807) is 0 Å². The summed E-state index contributed by atoms with van der Waals surface area (Å²) >= 11 is 0. The number of hydrogen-bond donors (Lipinski definition) is 1. The molecule has 0 spiro atoms. The van der Waals surface area contributed by atoms with Crippen LogP contribution in [-0.2, 0) is 0 Å². The van der Waals surface area contributed by atoms with E-state index in [-0.39, 0.29) is 0 Å². The van der Waals surface area contributed by atoms with Crippen LogP contribution in [0.15, 0.2) is 54.7 Å². The third-order valence-electron chi connectivity index (χ3n) is 3.29. The molecule has 3 aromatic rings. The van der Waals surface area contributed by atoms with Crippen molar-refractivity contribution in [1.82, 2.24) is 4.40 Å². The lowest BCUT2D eigenvalue weighted by Gasteiger charge is -2.07. The summed E-state index contributed by atoms with van der Waals surface area (Å²) in [6.07, 6.45) is 2.11. The number of hydrogen-bond acceptors (Lipinski definition) is 1. The summed E-state index contributed by atoms with van der Waals surface area (Å²) in [6, 6.07) is 17.0. The highest BCUT2D eigenvalue weighted by atomic mass is 14.9. The van der Waals surface area contributed by atoms with E-state index < -0.39 is 0 Å². The molecule has 0 saturated heterocycles. The zero-order valence-corrected chi connectivity index (χ0v) is 10.6. The summed E-state index contributed by atoms with van der Waals surface area (Å²) in [4.78, 5) is 0. The van der Waals surface area contributed by atoms with E-state index in [0.29, 0.717) is 0 Å². The van der Waals surface area contributed by atoms with Gasteiger partial charge in [0.1, 0.15) is 0 Å². The Morgan fingerprint density at radius 1 is 1.00 bits per heavy atom. The summed E-state index contributed by atoms with van der Waals surface area (Å²) in [6.45, 7) is 2.16. The quantitative estimate of drug-likeness (QED) is 0.712. The van der Waals surface area contributed by atoms with Gasteiger partial charge in [-0.25, -0.2) is 0 Å². The zero-order chi connectivity index (χ0) is 12.5. The Kier molecular flexibility index (Phi) is 2.56. The van der Waals surface area contributed by atoms with Crippen LogP contribution in [0.3, 0.4) is 0 Å². The van der Waals surface area contributed by atoms with Crippen LogP contribution in [0.2, 0.25) is 0 Å². The smallest absolute Gasteiger partial charge is 0.0558 e. The van der Waals surface area contributed by atoms with Gasteiger partial charge >= 0.3 is 0 Å². The first-order valence-electron chi connectivity index (χ1n) is 6.14. The lowest BCUT2D eigenvalue weighted by Crippen LogP contribution is -1.91. The normalized spacial score (nSPS) is 10.8. The number of anilines is 1. The van der Waals surface area contributed by atoms with Crippen LogP contribution >= 0.6 is 0 Å². The first-order chi connectivity index (χ1) is 8.79.